The molecule has 0 bridgehead atoms. The van der Waals surface area contributed by atoms with E-state index in [9.17, 15) is 4.79 Å². The second-order valence-electron chi connectivity index (χ2n) is 5.55. The van der Waals surface area contributed by atoms with Gasteiger partial charge in [-0.3, -0.25) is 9.69 Å². The van der Waals surface area contributed by atoms with Crippen LogP contribution >= 0.6 is 0 Å². The van der Waals surface area contributed by atoms with Gasteiger partial charge in [0, 0.05) is 45.2 Å². The molecule has 1 aromatic carbocycles. The molecule has 0 unspecified atom stereocenters. The second-order valence-corrected chi connectivity index (χ2v) is 5.55. The van der Waals surface area contributed by atoms with Gasteiger partial charge in [-0.25, -0.2) is 0 Å². The standard InChI is InChI=1S/C17H27N3O4/c1-22-14-3-4-15(16(13-14)23-2)18-6-5-17(21)19-7-8-20-9-11-24-12-10-20/h3-4,13,18H,5-12H2,1-2H3,(H,19,21). The van der Waals surface area contributed by atoms with Gasteiger partial charge in [0.05, 0.1) is 33.1 Å². The Labute approximate surface area is 143 Å². The summed E-state index contributed by atoms with van der Waals surface area (Å²) >= 11 is 0. The van der Waals surface area contributed by atoms with Gasteiger partial charge in [0.15, 0.2) is 0 Å². The summed E-state index contributed by atoms with van der Waals surface area (Å²) < 4.78 is 15.8. The third kappa shape index (κ3) is 5.90. The fourth-order valence-electron chi connectivity index (χ4n) is 2.52. The first-order chi connectivity index (χ1) is 11.7. The molecule has 24 heavy (non-hydrogen) atoms. The summed E-state index contributed by atoms with van der Waals surface area (Å²) in [5.74, 6) is 1.48. The summed E-state index contributed by atoms with van der Waals surface area (Å²) in [6.45, 7) is 5.53. The normalized spacial score (nSPS) is 14.9. The van der Waals surface area contributed by atoms with Crippen molar-refractivity contribution in [2.75, 3.05) is 65.5 Å². The van der Waals surface area contributed by atoms with Crippen LogP contribution in [0.3, 0.4) is 0 Å². The molecule has 134 valence electrons. The molecule has 0 aromatic heterocycles. The lowest BCUT2D eigenvalue weighted by molar-refractivity contribution is -0.120. The third-order valence-electron chi connectivity index (χ3n) is 3.93. The van der Waals surface area contributed by atoms with E-state index in [0.29, 0.717) is 25.3 Å². The van der Waals surface area contributed by atoms with Gasteiger partial charge in [0.1, 0.15) is 11.5 Å². The molecule has 0 saturated carbocycles. The Morgan fingerprint density at radius 1 is 1.21 bits per heavy atom. The first-order valence-electron chi connectivity index (χ1n) is 8.25. The molecule has 1 fully saturated rings. The van der Waals surface area contributed by atoms with Crippen molar-refractivity contribution in [1.82, 2.24) is 10.2 Å². The summed E-state index contributed by atoms with van der Waals surface area (Å²) in [5, 5.41) is 6.17. The Bertz CT molecular complexity index is 519. The van der Waals surface area contributed by atoms with E-state index >= 15 is 0 Å². The van der Waals surface area contributed by atoms with Crippen LogP contribution in [-0.2, 0) is 9.53 Å². The van der Waals surface area contributed by atoms with Gasteiger partial charge in [0.25, 0.3) is 0 Å². The smallest absolute Gasteiger partial charge is 0.221 e. The van der Waals surface area contributed by atoms with Crippen molar-refractivity contribution in [3.63, 3.8) is 0 Å². The molecule has 1 saturated heterocycles. The number of morpholine rings is 1. The molecule has 1 aliphatic heterocycles. The van der Waals surface area contributed by atoms with Crippen molar-refractivity contribution in [1.29, 1.82) is 0 Å². The molecule has 7 nitrogen and oxygen atoms in total. The van der Waals surface area contributed by atoms with Crippen LogP contribution in [0.2, 0.25) is 0 Å². The van der Waals surface area contributed by atoms with Crippen molar-refractivity contribution >= 4 is 11.6 Å². The first kappa shape index (κ1) is 18.4. The van der Waals surface area contributed by atoms with E-state index in [0.717, 1.165) is 44.3 Å². The maximum atomic E-state index is 11.9. The summed E-state index contributed by atoms with van der Waals surface area (Å²) in [6, 6.07) is 5.55. The Kier molecular flexibility index (Phi) is 7.64. The van der Waals surface area contributed by atoms with Crippen LogP contribution < -0.4 is 20.1 Å². The second kappa shape index (κ2) is 10.00. The van der Waals surface area contributed by atoms with E-state index < -0.39 is 0 Å². The zero-order valence-corrected chi connectivity index (χ0v) is 14.5. The number of benzene rings is 1. The van der Waals surface area contributed by atoms with Crippen molar-refractivity contribution in [3.05, 3.63) is 18.2 Å². The SMILES string of the molecule is COc1ccc(NCCC(=O)NCCN2CCOCC2)c(OC)c1. The van der Waals surface area contributed by atoms with Crippen LogP contribution in [0.4, 0.5) is 5.69 Å². The molecule has 1 aromatic rings. The molecule has 7 heteroatoms. The number of ether oxygens (including phenoxy) is 3. The number of rotatable bonds is 9. The number of methoxy groups -OCH3 is 2. The largest absolute Gasteiger partial charge is 0.497 e. The molecular weight excluding hydrogens is 310 g/mol. The van der Waals surface area contributed by atoms with E-state index in [4.69, 9.17) is 14.2 Å². The lowest BCUT2D eigenvalue weighted by Gasteiger charge is -2.26. The molecule has 1 amide bonds. The highest BCUT2D eigenvalue weighted by Crippen LogP contribution is 2.28. The maximum Gasteiger partial charge on any atom is 0.221 e. The zero-order chi connectivity index (χ0) is 17.2. The van der Waals surface area contributed by atoms with Crippen LogP contribution in [0.1, 0.15) is 6.42 Å². The number of anilines is 1. The van der Waals surface area contributed by atoms with Crippen molar-refractivity contribution in [2.45, 2.75) is 6.42 Å². The summed E-state index contributed by atoms with van der Waals surface area (Å²) in [4.78, 5) is 14.2. The van der Waals surface area contributed by atoms with Gasteiger partial charge >= 0.3 is 0 Å². The van der Waals surface area contributed by atoms with Crippen molar-refractivity contribution in [2.24, 2.45) is 0 Å². The Morgan fingerprint density at radius 3 is 2.71 bits per heavy atom. The molecule has 1 aliphatic rings. The van der Waals surface area contributed by atoms with Crippen LogP contribution in [-0.4, -0.2) is 71.0 Å². The molecule has 0 spiro atoms. The summed E-state index contributed by atoms with van der Waals surface area (Å²) in [7, 11) is 3.22. The quantitative estimate of drug-likeness (QED) is 0.699. The minimum absolute atomic E-state index is 0.0447. The minimum atomic E-state index is 0.0447. The minimum Gasteiger partial charge on any atom is -0.497 e. The van der Waals surface area contributed by atoms with E-state index in [1.54, 1.807) is 14.2 Å². The number of hydrogen-bond acceptors (Lipinski definition) is 6. The summed E-state index contributed by atoms with van der Waals surface area (Å²) in [5.41, 5.74) is 0.847. The molecule has 0 atom stereocenters. The van der Waals surface area contributed by atoms with Gasteiger partial charge in [-0.2, -0.15) is 0 Å². The Balaban J connectivity index is 1.65. The topological polar surface area (TPSA) is 72.1 Å². The highest BCUT2D eigenvalue weighted by Gasteiger charge is 2.10. The molecule has 1 heterocycles. The van der Waals surface area contributed by atoms with Crippen LogP contribution in [0.15, 0.2) is 18.2 Å². The van der Waals surface area contributed by atoms with Crippen molar-refractivity contribution in [3.8, 4) is 11.5 Å². The number of amides is 1. The molecular formula is C17H27N3O4. The van der Waals surface area contributed by atoms with Crippen LogP contribution in [0.25, 0.3) is 0 Å². The highest BCUT2D eigenvalue weighted by molar-refractivity contribution is 5.76. The average Bonchev–Trinajstić information content (AvgIpc) is 2.62. The number of carbonyl (C=O) groups excluding carboxylic acids is 1. The van der Waals surface area contributed by atoms with E-state index in [2.05, 4.69) is 15.5 Å². The monoisotopic (exact) mass is 337 g/mol. The van der Waals surface area contributed by atoms with Crippen molar-refractivity contribution < 1.29 is 19.0 Å². The number of carbonyl (C=O) groups is 1. The predicted molar refractivity (Wildman–Crippen MR) is 92.9 cm³/mol. The lowest BCUT2D eigenvalue weighted by Crippen LogP contribution is -2.41. The first-order valence-corrected chi connectivity index (χ1v) is 8.25. The van der Waals surface area contributed by atoms with Gasteiger partial charge in [-0.1, -0.05) is 0 Å². The lowest BCUT2D eigenvalue weighted by atomic mass is 10.2. The molecule has 0 radical (unpaired) electrons. The highest BCUT2D eigenvalue weighted by atomic mass is 16.5. The van der Waals surface area contributed by atoms with E-state index in [1.165, 1.54) is 0 Å². The van der Waals surface area contributed by atoms with Gasteiger partial charge in [0.2, 0.25) is 5.91 Å². The zero-order valence-electron chi connectivity index (χ0n) is 14.5. The van der Waals surface area contributed by atoms with Crippen LogP contribution in [0, 0.1) is 0 Å². The predicted octanol–water partition coefficient (Wildman–Crippen LogP) is 0.954. The molecule has 0 aliphatic carbocycles. The van der Waals surface area contributed by atoms with Gasteiger partial charge < -0.3 is 24.8 Å². The maximum absolute atomic E-state index is 11.9. The number of nitrogens with one attached hydrogen (secondary N) is 2. The fraction of sp³-hybridized carbons (Fsp3) is 0.588. The molecule has 2 N–H and O–H groups in total. The Hall–Kier alpha value is -1.99. The van der Waals surface area contributed by atoms with Gasteiger partial charge in [-0.15, -0.1) is 0 Å². The molecule has 2 rings (SSSR count). The number of hydrogen-bond donors (Lipinski definition) is 2. The average molecular weight is 337 g/mol. The van der Waals surface area contributed by atoms with E-state index in [-0.39, 0.29) is 5.91 Å². The van der Waals surface area contributed by atoms with Gasteiger partial charge in [-0.05, 0) is 12.1 Å². The van der Waals surface area contributed by atoms with Crippen LogP contribution in [0.5, 0.6) is 11.5 Å². The summed E-state index contributed by atoms with van der Waals surface area (Å²) in [6.07, 6.45) is 0.415. The number of nitrogens with zero attached hydrogens (tertiary/aromatic N) is 1. The Morgan fingerprint density at radius 2 is 2.00 bits per heavy atom. The fourth-order valence-corrected chi connectivity index (χ4v) is 2.52. The van der Waals surface area contributed by atoms with E-state index in [1.807, 2.05) is 18.2 Å². The third-order valence-corrected chi connectivity index (χ3v) is 3.93.